The van der Waals surface area contributed by atoms with Crippen molar-refractivity contribution in [2.75, 3.05) is 52.0 Å². The van der Waals surface area contributed by atoms with Crippen molar-refractivity contribution in [3.8, 4) is 22.3 Å². The summed E-state index contributed by atoms with van der Waals surface area (Å²) in [4.78, 5) is 22.9. The van der Waals surface area contributed by atoms with Crippen LogP contribution in [0.5, 0.6) is 0 Å². The molecule has 0 atom stereocenters. The molecule has 0 bridgehead atoms. The summed E-state index contributed by atoms with van der Waals surface area (Å²) in [5.41, 5.74) is 19.7. The van der Waals surface area contributed by atoms with Crippen molar-refractivity contribution < 1.29 is 9.53 Å². The molecule has 3 fully saturated rings. The molecule has 2 aliphatic heterocycles. The fourth-order valence-corrected chi connectivity index (χ4v) is 7.24. The normalized spacial score (nSPS) is 18.0. The summed E-state index contributed by atoms with van der Waals surface area (Å²) in [5, 5.41) is 0. The SMILES string of the molecule is CC1CCN(Cc2ccc(-c3cnc(N)c(C(N)=O)c3)cc2)CC1.CN1CCN(Cc2ccc(-c3ccc(COC4CCCC4)cc3)cc2)CC1. The van der Waals surface area contributed by atoms with Gasteiger partial charge in [0.05, 0.1) is 18.3 Å². The predicted molar refractivity (Wildman–Crippen MR) is 208 cm³/mol. The highest BCUT2D eigenvalue weighted by molar-refractivity contribution is 5.98. The van der Waals surface area contributed by atoms with Gasteiger partial charge in [0.15, 0.2) is 0 Å². The number of likely N-dealkylation sites (N-methyl/N-ethyl adjacent to an activating group) is 1. The minimum atomic E-state index is -0.558. The molecule has 270 valence electrons. The van der Waals surface area contributed by atoms with Crippen LogP contribution in [0.3, 0.4) is 0 Å². The number of piperazine rings is 1. The maximum absolute atomic E-state index is 11.4. The van der Waals surface area contributed by atoms with Crippen LogP contribution in [-0.4, -0.2) is 78.0 Å². The van der Waals surface area contributed by atoms with E-state index in [1.165, 1.54) is 106 Å². The number of hydrogen-bond acceptors (Lipinski definition) is 7. The van der Waals surface area contributed by atoms with Crippen LogP contribution in [0.15, 0.2) is 85.1 Å². The van der Waals surface area contributed by atoms with E-state index in [9.17, 15) is 4.79 Å². The molecule has 1 aromatic heterocycles. The van der Waals surface area contributed by atoms with E-state index in [2.05, 4.69) is 106 Å². The van der Waals surface area contributed by atoms with Crippen molar-refractivity contribution in [2.45, 2.75) is 71.2 Å². The number of aromatic nitrogens is 1. The summed E-state index contributed by atoms with van der Waals surface area (Å²) in [5.74, 6) is 0.459. The van der Waals surface area contributed by atoms with Crippen molar-refractivity contribution in [3.63, 3.8) is 0 Å². The smallest absolute Gasteiger partial charge is 0.252 e. The molecular weight excluding hydrogens is 633 g/mol. The summed E-state index contributed by atoms with van der Waals surface area (Å²) in [6, 6.07) is 28.0. The molecule has 3 aliphatic rings. The maximum Gasteiger partial charge on any atom is 0.252 e. The highest BCUT2D eigenvalue weighted by atomic mass is 16.5. The molecule has 8 heteroatoms. The number of likely N-dealkylation sites (tertiary alicyclic amines) is 1. The zero-order valence-corrected chi connectivity index (χ0v) is 30.6. The van der Waals surface area contributed by atoms with Gasteiger partial charge in [0, 0.05) is 51.0 Å². The van der Waals surface area contributed by atoms with Crippen molar-refractivity contribution in [1.29, 1.82) is 0 Å². The van der Waals surface area contributed by atoms with E-state index >= 15 is 0 Å². The van der Waals surface area contributed by atoms with Gasteiger partial charge in [-0.25, -0.2) is 4.98 Å². The lowest BCUT2D eigenvalue weighted by atomic mass is 9.98. The highest BCUT2D eigenvalue weighted by Crippen LogP contribution is 2.26. The van der Waals surface area contributed by atoms with Gasteiger partial charge in [0.1, 0.15) is 5.82 Å². The van der Waals surface area contributed by atoms with Gasteiger partial charge in [-0.2, -0.15) is 0 Å². The Bertz CT molecular complexity index is 1670. The largest absolute Gasteiger partial charge is 0.383 e. The molecule has 1 aliphatic carbocycles. The number of benzene rings is 3. The van der Waals surface area contributed by atoms with Crippen LogP contribution in [0.4, 0.5) is 5.82 Å². The number of piperidine rings is 1. The minimum absolute atomic E-state index is 0.169. The molecule has 51 heavy (non-hydrogen) atoms. The average Bonchev–Trinajstić information content (AvgIpc) is 3.68. The number of nitrogens with two attached hydrogens (primary N) is 2. The molecule has 4 aromatic rings. The Hall–Kier alpha value is -4.08. The number of pyridine rings is 1. The summed E-state index contributed by atoms with van der Waals surface area (Å²) >= 11 is 0. The van der Waals surface area contributed by atoms with E-state index in [0.29, 0.717) is 6.10 Å². The number of hydrogen-bond donors (Lipinski definition) is 2. The summed E-state index contributed by atoms with van der Waals surface area (Å²) in [7, 11) is 2.21. The first-order valence-electron chi connectivity index (χ1n) is 18.9. The van der Waals surface area contributed by atoms with Crippen molar-refractivity contribution in [2.24, 2.45) is 11.7 Å². The zero-order chi connectivity index (χ0) is 35.6. The summed E-state index contributed by atoms with van der Waals surface area (Å²) in [6.07, 6.45) is 9.84. The number of amides is 1. The van der Waals surface area contributed by atoms with Gasteiger partial charge in [-0.1, -0.05) is 92.6 Å². The van der Waals surface area contributed by atoms with Gasteiger partial charge in [-0.3, -0.25) is 14.6 Å². The third-order valence-corrected chi connectivity index (χ3v) is 10.8. The van der Waals surface area contributed by atoms with E-state index in [1.54, 1.807) is 12.3 Å². The quantitative estimate of drug-likeness (QED) is 0.182. The van der Waals surface area contributed by atoms with Crippen LogP contribution < -0.4 is 11.5 Å². The van der Waals surface area contributed by atoms with Gasteiger partial charge in [-0.15, -0.1) is 0 Å². The molecule has 3 heterocycles. The number of nitrogens with zero attached hydrogens (tertiary/aromatic N) is 4. The maximum atomic E-state index is 11.4. The second-order valence-corrected chi connectivity index (χ2v) is 14.9. The number of ether oxygens (including phenoxy) is 1. The topological polar surface area (TPSA) is 101 Å². The van der Waals surface area contributed by atoms with Gasteiger partial charge in [0.2, 0.25) is 0 Å². The fourth-order valence-electron chi connectivity index (χ4n) is 7.24. The Morgan fingerprint density at radius 1 is 0.706 bits per heavy atom. The number of carbonyl (C=O) groups is 1. The Morgan fingerprint density at radius 3 is 1.73 bits per heavy atom. The highest BCUT2D eigenvalue weighted by Gasteiger charge is 2.17. The van der Waals surface area contributed by atoms with Crippen LogP contribution in [0.2, 0.25) is 0 Å². The minimum Gasteiger partial charge on any atom is -0.383 e. The molecule has 7 rings (SSSR count). The van der Waals surface area contributed by atoms with E-state index in [1.807, 2.05) is 0 Å². The summed E-state index contributed by atoms with van der Waals surface area (Å²) in [6.45, 7) is 12.2. The van der Waals surface area contributed by atoms with Crippen LogP contribution in [0.25, 0.3) is 22.3 Å². The van der Waals surface area contributed by atoms with Crippen molar-refractivity contribution >= 4 is 11.7 Å². The lowest BCUT2D eigenvalue weighted by molar-refractivity contribution is 0.0457. The molecule has 3 aromatic carbocycles. The number of anilines is 1. The Morgan fingerprint density at radius 2 is 1.20 bits per heavy atom. The summed E-state index contributed by atoms with van der Waals surface area (Å²) < 4.78 is 6.02. The first-order valence-corrected chi connectivity index (χ1v) is 18.9. The number of primary amides is 1. The van der Waals surface area contributed by atoms with E-state index in [-0.39, 0.29) is 11.4 Å². The number of nitrogen functional groups attached to an aromatic ring is 1. The molecule has 1 amide bonds. The van der Waals surface area contributed by atoms with E-state index in [4.69, 9.17) is 16.2 Å². The lowest BCUT2D eigenvalue weighted by Crippen LogP contribution is -2.43. The molecule has 4 N–H and O–H groups in total. The molecular formula is C43H56N6O2. The van der Waals surface area contributed by atoms with Gasteiger partial charge in [0.25, 0.3) is 5.91 Å². The molecule has 2 saturated heterocycles. The number of carbonyl (C=O) groups excluding carboxylic acids is 1. The molecule has 0 radical (unpaired) electrons. The van der Waals surface area contributed by atoms with Crippen LogP contribution in [-0.2, 0) is 24.4 Å². The first-order chi connectivity index (χ1) is 24.8. The Kier molecular flexibility index (Phi) is 12.9. The van der Waals surface area contributed by atoms with Gasteiger partial charge >= 0.3 is 0 Å². The average molecular weight is 689 g/mol. The molecule has 0 spiro atoms. The molecule has 1 saturated carbocycles. The van der Waals surface area contributed by atoms with E-state index in [0.717, 1.165) is 36.7 Å². The van der Waals surface area contributed by atoms with Crippen molar-refractivity contribution in [1.82, 2.24) is 19.7 Å². The Balaban J connectivity index is 0.000000177. The predicted octanol–water partition coefficient (Wildman–Crippen LogP) is 7.22. The Labute approximate surface area is 304 Å². The van der Waals surface area contributed by atoms with Gasteiger partial charge < -0.3 is 21.1 Å². The second-order valence-electron chi connectivity index (χ2n) is 14.9. The molecule has 0 unspecified atom stereocenters. The van der Waals surface area contributed by atoms with Crippen LogP contribution in [0, 0.1) is 5.92 Å². The number of rotatable bonds is 10. The fraction of sp³-hybridized carbons (Fsp3) is 0.442. The first kappa shape index (κ1) is 36.7. The zero-order valence-electron chi connectivity index (χ0n) is 30.6. The van der Waals surface area contributed by atoms with Crippen LogP contribution in [0.1, 0.15) is 72.5 Å². The van der Waals surface area contributed by atoms with E-state index < -0.39 is 5.91 Å². The molecule has 8 nitrogen and oxygen atoms in total. The third-order valence-electron chi connectivity index (χ3n) is 10.8. The monoisotopic (exact) mass is 688 g/mol. The third kappa shape index (κ3) is 10.7. The lowest BCUT2D eigenvalue weighted by Gasteiger charge is -2.32. The van der Waals surface area contributed by atoms with Crippen LogP contribution >= 0.6 is 0 Å². The standard InChI is InChI=1S/C24H32N2O.C19H24N4O/c1-25-14-16-26(17-15-25)18-20-6-10-22(11-7-20)23-12-8-21(9-13-23)19-27-24-4-2-3-5-24;1-13-6-8-23(9-7-13)12-14-2-4-15(5-3-14)16-10-17(19(21)24)18(20)22-11-16/h6-13,24H,2-5,14-19H2,1H3;2-5,10-11,13H,6-9,12H2,1H3,(H2,20,22)(H2,21,24). The second kappa shape index (κ2) is 17.9. The van der Waals surface area contributed by atoms with Crippen molar-refractivity contribution in [3.05, 3.63) is 107 Å². The van der Waals surface area contributed by atoms with Gasteiger partial charge in [-0.05, 0) is 91.2 Å².